The lowest BCUT2D eigenvalue weighted by Gasteiger charge is -2.21. The van der Waals surface area contributed by atoms with Crippen molar-refractivity contribution in [3.05, 3.63) is 54.1 Å². The SMILES string of the molecule is COc1cc(OC)c(OC)cc1/C=C/C(=O)OCC(=O)N(CCC#N)c1ccccc1. The number of nitrogens with zero attached hydrogens (tertiary/aromatic N) is 2. The van der Waals surface area contributed by atoms with Gasteiger partial charge in [0.05, 0.1) is 33.8 Å². The Morgan fingerprint density at radius 2 is 1.65 bits per heavy atom. The van der Waals surface area contributed by atoms with Crippen LogP contribution in [0.3, 0.4) is 0 Å². The first-order valence-electron chi connectivity index (χ1n) is 9.41. The fraction of sp³-hybridized carbons (Fsp3) is 0.261. The van der Waals surface area contributed by atoms with E-state index >= 15 is 0 Å². The molecule has 1 amide bonds. The molecule has 0 fully saturated rings. The van der Waals surface area contributed by atoms with Crippen molar-refractivity contribution in [2.75, 3.05) is 39.4 Å². The number of anilines is 1. The van der Waals surface area contributed by atoms with Crippen molar-refractivity contribution in [1.82, 2.24) is 0 Å². The van der Waals surface area contributed by atoms with Gasteiger partial charge in [-0.15, -0.1) is 0 Å². The Kier molecular flexibility index (Phi) is 8.92. The minimum atomic E-state index is -0.696. The van der Waals surface area contributed by atoms with Crippen molar-refractivity contribution < 1.29 is 28.5 Å². The number of para-hydroxylation sites is 1. The van der Waals surface area contributed by atoms with Crippen molar-refractivity contribution in [2.45, 2.75) is 6.42 Å². The van der Waals surface area contributed by atoms with E-state index in [0.29, 0.717) is 28.5 Å². The lowest BCUT2D eigenvalue weighted by molar-refractivity contribution is -0.142. The van der Waals surface area contributed by atoms with E-state index in [4.69, 9.17) is 24.2 Å². The van der Waals surface area contributed by atoms with Gasteiger partial charge >= 0.3 is 5.97 Å². The van der Waals surface area contributed by atoms with Gasteiger partial charge in [0, 0.05) is 29.9 Å². The number of hydrogen-bond donors (Lipinski definition) is 0. The highest BCUT2D eigenvalue weighted by molar-refractivity contribution is 5.96. The number of esters is 1. The minimum absolute atomic E-state index is 0.160. The van der Waals surface area contributed by atoms with Gasteiger partial charge in [0.2, 0.25) is 0 Å². The van der Waals surface area contributed by atoms with Gasteiger partial charge in [-0.1, -0.05) is 18.2 Å². The molecule has 0 saturated heterocycles. The van der Waals surface area contributed by atoms with Gasteiger partial charge in [0.1, 0.15) is 5.75 Å². The zero-order chi connectivity index (χ0) is 22.6. The molecule has 0 aliphatic heterocycles. The number of ether oxygens (including phenoxy) is 4. The summed E-state index contributed by atoms with van der Waals surface area (Å²) in [4.78, 5) is 26.1. The number of benzene rings is 2. The quantitative estimate of drug-likeness (QED) is 0.427. The third-order valence-electron chi connectivity index (χ3n) is 4.29. The maximum Gasteiger partial charge on any atom is 0.331 e. The Morgan fingerprint density at radius 3 is 2.26 bits per heavy atom. The van der Waals surface area contributed by atoms with Crippen molar-refractivity contribution in [3.8, 4) is 23.3 Å². The molecule has 2 aromatic carbocycles. The van der Waals surface area contributed by atoms with Gasteiger partial charge in [-0.3, -0.25) is 4.79 Å². The molecule has 0 saturated carbocycles. The van der Waals surface area contributed by atoms with E-state index in [1.54, 1.807) is 36.4 Å². The minimum Gasteiger partial charge on any atom is -0.496 e. The Balaban J connectivity index is 2.06. The average molecular weight is 424 g/mol. The number of methoxy groups -OCH3 is 3. The molecular weight excluding hydrogens is 400 g/mol. The van der Waals surface area contributed by atoms with Crippen molar-refractivity contribution >= 4 is 23.6 Å². The highest BCUT2D eigenvalue weighted by atomic mass is 16.5. The maximum atomic E-state index is 12.5. The van der Waals surface area contributed by atoms with Gasteiger partial charge in [-0.25, -0.2) is 4.79 Å². The Labute approximate surface area is 181 Å². The van der Waals surface area contributed by atoms with Crippen LogP contribution in [0.4, 0.5) is 5.69 Å². The third kappa shape index (κ3) is 6.51. The summed E-state index contributed by atoms with van der Waals surface area (Å²) < 4.78 is 20.9. The van der Waals surface area contributed by atoms with E-state index in [1.165, 1.54) is 38.4 Å². The number of nitriles is 1. The number of hydrogen-bond acceptors (Lipinski definition) is 7. The number of carbonyl (C=O) groups excluding carboxylic acids is 2. The lowest BCUT2D eigenvalue weighted by Crippen LogP contribution is -2.35. The molecule has 8 nitrogen and oxygen atoms in total. The summed E-state index contributed by atoms with van der Waals surface area (Å²) in [5, 5.41) is 8.84. The molecule has 0 aromatic heterocycles. The summed E-state index contributed by atoms with van der Waals surface area (Å²) in [6.07, 6.45) is 2.85. The van der Waals surface area contributed by atoms with Gasteiger partial charge in [-0.2, -0.15) is 5.26 Å². The zero-order valence-corrected chi connectivity index (χ0v) is 17.7. The fourth-order valence-electron chi connectivity index (χ4n) is 2.77. The first-order chi connectivity index (χ1) is 15.0. The van der Waals surface area contributed by atoms with E-state index in [-0.39, 0.29) is 13.0 Å². The lowest BCUT2D eigenvalue weighted by atomic mass is 10.1. The summed E-state index contributed by atoms with van der Waals surface area (Å²) in [7, 11) is 4.51. The number of rotatable bonds is 10. The van der Waals surface area contributed by atoms with E-state index in [0.717, 1.165) is 0 Å². The van der Waals surface area contributed by atoms with E-state index in [9.17, 15) is 9.59 Å². The molecule has 0 aliphatic carbocycles. The Bertz CT molecular complexity index is 966. The molecular formula is C23H24N2O6. The molecule has 0 radical (unpaired) electrons. The van der Waals surface area contributed by atoms with Crippen molar-refractivity contribution in [3.63, 3.8) is 0 Å². The fourth-order valence-corrected chi connectivity index (χ4v) is 2.77. The largest absolute Gasteiger partial charge is 0.496 e. The van der Waals surface area contributed by atoms with Gasteiger partial charge in [0.15, 0.2) is 18.1 Å². The van der Waals surface area contributed by atoms with Crippen LogP contribution >= 0.6 is 0 Å². The predicted octanol–water partition coefficient (Wildman–Crippen LogP) is 3.22. The number of amides is 1. The summed E-state index contributed by atoms with van der Waals surface area (Å²) in [6, 6.07) is 14.2. The highest BCUT2D eigenvalue weighted by Gasteiger charge is 2.17. The number of carbonyl (C=O) groups is 2. The average Bonchev–Trinajstić information content (AvgIpc) is 2.81. The van der Waals surface area contributed by atoms with Crippen LogP contribution in [0.25, 0.3) is 6.08 Å². The summed E-state index contributed by atoms with van der Waals surface area (Å²) in [5.41, 5.74) is 1.20. The van der Waals surface area contributed by atoms with E-state index < -0.39 is 18.5 Å². The smallest absolute Gasteiger partial charge is 0.331 e. The van der Waals surface area contributed by atoms with Crippen LogP contribution < -0.4 is 19.1 Å². The van der Waals surface area contributed by atoms with E-state index in [2.05, 4.69) is 0 Å². The van der Waals surface area contributed by atoms with Crippen LogP contribution in [-0.2, 0) is 14.3 Å². The maximum absolute atomic E-state index is 12.5. The van der Waals surface area contributed by atoms with Crippen LogP contribution in [0, 0.1) is 11.3 Å². The monoisotopic (exact) mass is 424 g/mol. The van der Waals surface area contributed by atoms with Crippen molar-refractivity contribution in [1.29, 1.82) is 5.26 Å². The molecule has 31 heavy (non-hydrogen) atoms. The van der Waals surface area contributed by atoms with Gasteiger partial charge < -0.3 is 23.8 Å². The normalized spacial score (nSPS) is 10.3. The van der Waals surface area contributed by atoms with E-state index in [1.807, 2.05) is 12.1 Å². The topological polar surface area (TPSA) is 98.1 Å². The molecule has 8 heteroatoms. The standard InChI is InChI=1S/C23H24N2O6/c1-28-19-15-21(30-3)20(29-2)14-17(19)10-11-23(27)31-16-22(26)25(13-7-12-24)18-8-5-4-6-9-18/h4-6,8-11,14-15H,7,13,16H2,1-3H3/b11-10+. The molecule has 0 spiro atoms. The third-order valence-corrected chi connectivity index (χ3v) is 4.29. The first kappa shape index (κ1) is 23.3. The second-order valence-electron chi connectivity index (χ2n) is 6.18. The summed E-state index contributed by atoms with van der Waals surface area (Å²) in [5.74, 6) is 0.320. The van der Waals surface area contributed by atoms with Crippen LogP contribution in [0.5, 0.6) is 17.2 Å². The van der Waals surface area contributed by atoms with Crippen LogP contribution in [-0.4, -0.2) is 46.4 Å². The first-order valence-corrected chi connectivity index (χ1v) is 9.41. The summed E-state index contributed by atoms with van der Waals surface area (Å²) in [6.45, 7) is -0.248. The van der Waals surface area contributed by atoms with Gasteiger partial charge in [-0.05, 0) is 24.3 Å². The Hall–Kier alpha value is -3.99. The molecule has 162 valence electrons. The molecule has 0 N–H and O–H groups in total. The molecule has 0 aliphatic rings. The van der Waals surface area contributed by atoms with Crippen LogP contribution in [0.2, 0.25) is 0 Å². The molecule has 2 aromatic rings. The molecule has 0 bridgehead atoms. The second kappa shape index (κ2) is 11.9. The summed E-state index contributed by atoms with van der Waals surface area (Å²) >= 11 is 0. The molecule has 0 heterocycles. The molecule has 0 unspecified atom stereocenters. The molecule has 0 atom stereocenters. The van der Waals surface area contributed by atoms with Gasteiger partial charge in [0.25, 0.3) is 5.91 Å². The highest BCUT2D eigenvalue weighted by Crippen LogP contribution is 2.35. The van der Waals surface area contributed by atoms with Crippen LogP contribution in [0.15, 0.2) is 48.5 Å². The predicted molar refractivity (Wildman–Crippen MR) is 115 cm³/mol. The second-order valence-corrected chi connectivity index (χ2v) is 6.18. The van der Waals surface area contributed by atoms with Crippen LogP contribution in [0.1, 0.15) is 12.0 Å². The Morgan fingerprint density at radius 1 is 1.00 bits per heavy atom. The zero-order valence-electron chi connectivity index (χ0n) is 17.7. The molecule has 2 rings (SSSR count). The van der Waals surface area contributed by atoms with Crippen molar-refractivity contribution in [2.24, 2.45) is 0 Å².